The summed E-state index contributed by atoms with van der Waals surface area (Å²) >= 11 is 0. The number of carbonyl (C=O) groups is 3. The van der Waals surface area contributed by atoms with E-state index in [1.165, 1.54) is 24.3 Å². The third-order valence-corrected chi connectivity index (χ3v) is 4.70. The topological polar surface area (TPSA) is 139 Å². The minimum Gasteiger partial charge on any atom is -0.350 e. The van der Waals surface area contributed by atoms with Crippen molar-refractivity contribution in [2.75, 3.05) is 6.54 Å². The van der Waals surface area contributed by atoms with E-state index in [1.54, 1.807) is 13.8 Å². The van der Waals surface area contributed by atoms with Gasteiger partial charge in [-0.2, -0.15) is 0 Å². The lowest BCUT2D eigenvalue weighted by molar-refractivity contribution is -0.132. The molecule has 9 nitrogen and oxygen atoms in total. The van der Waals surface area contributed by atoms with E-state index < -0.39 is 33.9 Å². The van der Waals surface area contributed by atoms with Crippen LogP contribution >= 0.6 is 0 Å². The molecule has 1 aliphatic rings. The smallest absolute Gasteiger partial charge is 0.325 e. The molecule has 1 aromatic carbocycles. The van der Waals surface area contributed by atoms with E-state index in [4.69, 9.17) is 5.14 Å². The minimum absolute atomic E-state index is 0.0263. The molecule has 25 heavy (non-hydrogen) atoms. The van der Waals surface area contributed by atoms with Crippen molar-refractivity contribution >= 4 is 27.9 Å². The van der Waals surface area contributed by atoms with E-state index in [1.807, 2.05) is 0 Å². The fraction of sp³-hybridized carbons (Fsp3) is 0.400. The highest BCUT2D eigenvalue weighted by Crippen LogP contribution is 2.13. The van der Waals surface area contributed by atoms with Gasteiger partial charge in [0.2, 0.25) is 15.9 Å². The number of nitrogens with zero attached hydrogens (tertiary/aromatic N) is 1. The quantitative estimate of drug-likeness (QED) is 0.583. The van der Waals surface area contributed by atoms with E-state index in [0.717, 1.165) is 4.90 Å². The maximum Gasteiger partial charge on any atom is 0.325 e. The van der Waals surface area contributed by atoms with Crippen LogP contribution in [0.2, 0.25) is 0 Å². The molecule has 4 N–H and O–H groups in total. The summed E-state index contributed by atoms with van der Waals surface area (Å²) in [5.74, 6) is -0.988. The molecule has 1 aliphatic heterocycles. The molecule has 0 bridgehead atoms. The lowest BCUT2D eigenvalue weighted by atomic mass is 10.1. The van der Waals surface area contributed by atoms with E-state index in [2.05, 4.69) is 10.6 Å². The number of hydrogen-bond acceptors (Lipinski definition) is 5. The van der Waals surface area contributed by atoms with Crippen molar-refractivity contribution in [3.63, 3.8) is 0 Å². The number of nitrogens with one attached hydrogen (secondary N) is 2. The normalized spacial score (nSPS) is 17.8. The number of urea groups is 1. The maximum absolute atomic E-state index is 12.1. The Balaban J connectivity index is 1.91. The third-order valence-electron chi connectivity index (χ3n) is 3.77. The Hall–Kier alpha value is -2.46. The van der Waals surface area contributed by atoms with Crippen molar-refractivity contribution in [2.24, 2.45) is 11.1 Å². The van der Waals surface area contributed by atoms with Gasteiger partial charge in [0.15, 0.2) is 0 Å². The molecule has 1 atom stereocenters. The Morgan fingerprint density at radius 1 is 1.28 bits per heavy atom. The lowest BCUT2D eigenvalue weighted by Gasteiger charge is -2.14. The van der Waals surface area contributed by atoms with Crippen LogP contribution in [-0.4, -0.2) is 43.7 Å². The Labute approximate surface area is 145 Å². The van der Waals surface area contributed by atoms with Gasteiger partial charge >= 0.3 is 6.03 Å². The molecule has 0 spiro atoms. The molecule has 1 aromatic rings. The molecule has 0 aromatic heterocycles. The number of primary sulfonamides is 1. The van der Waals surface area contributed by atoms with Gasteiger partial charge in [-0.15, -0.1) is 0 Å². The summed E-state index contributed by atoms with van der Waals surface area (Å²) in [5, 5.41) is 10.1. The van der Waals surface area contributed by atoms with E-state index in [0.29, 0.717) is 5.56 Å². The molecule has 1 saturated heterocycles. The van der Waals surface area contributed by atoms with Crippen LogP contribution < -0.4 is 15.8 Å². The van der Waals surface area contributed by atoms with Crippen LogP contribution in [0.1, 0.15) is 19.4 Å². The average Bonchev–Trinajstić information content (AvgIpc) is 2.81. The van der Waals surface area contributed by atoms with Crippen LogP contribution in [0.4, 0.5) is 4.79 Å². The second-order valence-electron chi connectivity index (χ2n) is 6.06. The zero-order valence-corrected chi connectivity index (χ0v) is 14.7. The predicted molar refractivity (Wildman–Crippen MR) is 88.5 cm³/mol. The summed E-state index contributed by atoms with van der Waals surface area (Å²) in [6, 6.07) is 4.50. The number of benzene rings is 1. The van der Waals surface area contributed by atoms with Crippen molar-refractivity contribution in [3.05, 3.63) is 29.8 Å². The summed E-state index contributed by atoms with van der Waals surface area (Å²) in [7, 11) is -3.77. The number of hydrogen-bond donors (Lipinski definition) is 3. The number of carbonyl (C=O) groups excluding carboxylic acids is 3. The number of rotatable bonds is 6. The SMILES string of the molecule is CC(C)[C@@H]1NC(=O)N(CC(=O)NCc2ccc(S(N)(=O)=O)cc2)C1=O. The number of nitrogens with two attached hydrogens (primary N) is 1. The van der Waals surface area contributed by atoms with Gasteiger partial charge in [0.1, 0.15) is 12.6 Å². The number of amides is 4. The van der Waals surface area contributed by atoms with Gasteiger partial charge < -0.3 is 10.6 Å². The fourth-order valence-corrected chi connectivity index (χ4v) is 2.85. The van der Waals surface area contributed by atoms with Crippen LogP contribution in [-0.2, 0) is 26.2 Å². The van der Waals surface area contributed by atoms with Crippen molar-refractivity contribution in [3.8, 4) is 0 Å². The van der Waals surface area contributed by atoms with Gasteiger partial charge in [0.25, 0.3) is 5.91 Å². The highest BCUT2D eigenvalue weighted by molar-refractivity contribution is 7.89. The van der Waals surface area contributed by atoms with Crippen molar-refractivity contribution in [2.45, 2.75) is 31.3 Å². The first-order chi connectivity index (χ1) is 11.6. The number of sulfonamides is 1. The monoisotopic (exact) mass is 368 g/mol. The second-order valence-corrected chi connectivity index (χ2v) is 7.62. The van der Waals surface area contributed by atoms with Crippen LogP contribution in [0.25, 0.3) is 0 Å². The van der Waals surface area contributed by atoms with Crippen LogP contribution in [0, 0.1) is 5.92 Å². The summed E-state index contributed by atoms with van der Waals surface area (Å²) in [5.41, 5.74) is 0.651. The molecule has 2 rings (SSSR count). The molecule has 136 valence electrons. The Morgan fingerprint density at radius 2 is 1.88 bits per heavy atom. The van der Waals surface area contributed by atoms with Gasteiger partial charge in [0, 0.05) is 6.54 Å². The molecular weight excluding hydrogens is 348 g/mol. The minimum atomic E-state index is -3.77. The Bertz CT molecular complexity index is 789. The second kappa shape index (κ2) is 7.19. The lowest BCUT2D eigenvalue weighted by Crippen LogP contribution is -2.41. The largest absolute Gasteiger partial charge is 0.350 e. The molecule has 1 heterocycles. The van der Waals surface area contributed by atoms with Gasteiger partial charge in [-0.25, -0.2) is 18.4 Å². The van der Waals surface area contributed by atoms with Crippen molar-refractivity contribution < 1.29 is 22.8 Å². The van der Waals surface area contributed by atoms with Gasteiger partial charge in [-0.05, 0) is 23.6 Å². The molecular formula is C15H20N4O5S. The number of imide groups is 1. The van der Waals surface area contributed by atoms with Crippen LogP contribution in [0.5, 0.6) is 0 Å². The van der Waals surface area contributed by atoms with Gasteiger partial charge in [0.05, 0.1) is 4.90 Å². The zero-order chi connectivity index (χ0) is 18.8. The maximum atomic E-state index is 12.1. The predicted octanol–water partition coefficient (Wildman–Crippen LogP) is -0.473. The molecule has 4 amide bonds. The van der Waals surface area contributed by atoms with E-state index >= 15 is 0 Å². The van der Waals surface area contributed by atoms with Crippen LogP contribution in [0.15, 0.2) is 29.2 Å². The first-order valence-electron chi connectivity index (χ1n) is 7.60. The van der Waals surface area contributed by atoms with Crippen LogP contribution in [0.3, 0.4) is 0 Å². The summed E-state index contributed by atoms with van der Waals surface area (Å²) in [6.07, 6.45) is 0. The first-order valence-corrected chi connectivity index (χ1v) is 9.14. The summed E-state index contributed by atoms with van der Waals surface area (Å²) in [4.78, 5) is 36.7. The van der Waals surface area contributed by atoms with Crippen molar-refractivity contribution in [1.29, 1.82) is 0 Å². The third kappa shape index (κ3) is 4.54. The van der Waals surface area contributed by atoms with Gasteiger partial charge in [-0.3, -0.25) is 14.5 Å². The van der Waals surface area contributed by atoms with E-state index in [-0.39, 0.29) is 23.9 Å². The molecule has 10 heteroatoms. The fourth-order valence-electron chi connectivity index (χ4n) is 2.34. The zero-order valence-electron chi connectivity index (χ0n) is 13.9. The molecule has 0 saturated carbocycles. The Morgan fingerprint density at radius 3 is 2.36 bits per heavy atom. The first kappa shape index (κ1) is 18.9. The molecule has 1 fully saturated rings. The summed E-state index contributed by atoms with van der Waals surface area (Å²) in [6.45, 7) is 3.36. The Kier molecular flexibility index (Phi) is 5.43. The standard InChI is InChI=1S/C15H20N4O5S/c1-9(2)13-14(21)19(15(22)18-13)8-12(20)17-7-10-3-5-11(6-4-10)25(16,23)24/h3-6,9,13H,7-8H2,1-2H3,(H,17,20)(H,18,22)(H2,16,23,24)/t13-/m0/s1. The molecule has 0 unspecified atom stereocenters. The molecule has 0 radical (unpaired) electrons. The van der Waals surface area contributed by atoms with Gasteiger partial charge in [-0.1, -0.05) is 26.0 Å². The highest BCUT2D eigenvalue weighted by atomic mass is 32.2. The van der Waals surface area contributed by atoms with Crippen molar-refractivity contribution in [1.82, 2.24) is 15.5 Å². The average molecular weight is 368 g/mol. The summed E-state index contributed by atoms with van der Waals surface area (Å²) < 4.78 is 22.3. The molecule has 0 aliphatic carbocycles. The highest BCUT2D eigenvalue weighted by Gasteiger charge is 2.40. The van der Waals surface area contributed by atoms with E-state index in [9.17, 15) is 22.8 Å².